The van der Waals surface area contributed by atoms with E-state index in [9.17, 15) is 9.59 Å². The molecule has 1 amide bonds. The molecule has 0 aliphatic carbocycles. The van der Waals surface area contributed by atoms with Crippen LogP contribution in [0.3, 0.4) is 0 Å². The van der Waals surface area contributed by atoms with Gasteiger partial charge in [-0.1, -0.05) is 74.1 Å². The van der Waals surface area contributed by atoms with E-state index in [1.807, 2.05) is 55.5 Å². The van der Waals surface area contributed by atoms with E-state index >= 15 is 0 Å². The fourth-order valence-electron chi connectivity index (χ4n) is 3.10. The Kier molecular flexibility index (Phi) is 6.88. The van der Waals surface area contributed by atoms with Crippen molar-refractivity contribution in [1.82, 2.24) is 9.97 Å². The number of nitrogens with zero attached hydrogens (tertiary/aromatic N) is 1. The summed E-state index contributed by atoms with van der Waals surface area (Å²) in [6.07, 6.45) is 1.69. The van der Waals surface area contributed by atoms with Gasteiger partial charge in [0, 0.05) is 17.3 Å². The van der Waals surface area contributed by atoms with Gasteiger partial charge in [0.05, 0.1) is 10.9 Å². The van der Waals surface area contributed by atoms with Crippen molar-refractivity contribution in [3.05, 3.63) is 76.1 Å². The Morgan fingerprint density at radius 2 is 1.72 bits per heavy atom. The molecule has 0 bridgehead atoms. The van der Waals surface area contributed by atoms with Crippen molar-refractivity contribution in [2.24, 2.45) is 0 Å². The number of aromatic amines is 1. The van der Waals surface area contributed by atoms with E-state index in [2.05, 4.69) is 29.1 Å². The van der Waals surface area contributed by atoms with Crippen LogP contribution in [0.4, 0.5) is 5.69 Å². The number of hydrogen-bond donors (Lipinski definition) is 2. The maximum Gasteiger partial charge on any atom is 0.252 e. The van der Waals surface area contributed by atoms with Crippen LogP contribution in [0, 0.1) is 0 Å². The van der Waals surface area contributed by atoms with E-state index in [4.69, 9.17) is 0 Å². The van der Waals surface area contributed by atoms with Gasteiger partial charge in [0.1, 0.15) is 0 Å². The summed E-state index contributed by atoms with van der Waals surface area (Å²) in [4.78, 5) is 32.2. The number of carbonyl (C=O) groups is 1. The van der Waals surface area contributed by atoms with Gasteiger partial charge in [-0.3, -0.25) is 9.59 Å². The Morgan fingerprint density at radius 1 is 1.07 bits per heavy atom. The lowest BCUT2D eigenvalue weighted by Crippen LogP contribution is -2.24. The Labute approximate surface area is 175 Å². The lowest BCUT2D eigenvalue weighted by Gasteiger charge is -2.17. The van der Waals surface area contributed by atoms with Gasteiger partial charge in [0.2, 0.25) is 5.91 Å². The van der Waals surface area contributed by atoms with Crippen molar-refractivity contribution in [2.45, 2.75) is 44.0 Å². The molecule has 2 N–H and O–H groups in total. The molecule has 6 heteroatoms. The zero-order valence-corrected chi connectivity index (χ0v) is 17.7. The number of thioether (sulfide) groups is 1. The first-order chi connectivity index (χ1) is 14.0. The summed E-state index contributed by atoms with van der Waals surface area (Å²) < 4.78 is 0. The molecule has 0 spiro atoms. The SMILES string of the molecule is CCc1cccc(CC)c1NC(=O)[C@@H](C)Sc1nc(-c2ccccc2)cc(=O)[nH]1. The van der Waals surface area contributed by atoms with Gasteiger partial charge in [0.25, 0.3) is 5.56 Å². The number of para-hydroxylation sites is 1. The van der Waals surface area contributed by atoms with Crippen LogP contribution in [-0.4, -0.2) is 21.1 Å². The highest BCUT2D eigenvalue weighted by Gasteiger charge is 2.19. The molecule has 3 aromatic rings. The van der Waals surface area contributed by atoms with E-state index in [0.29, 0.717) is 10.9 Å². The van der Waals surface area contributed by atoms with Gasteiger partial charge in [0.15, 0.2) is 5.16 Å². The molecule has 0 fully saturated rings. The molecule has 0 aliphatic rings. The van der Waals surface area contributed by atoms with Crippen LogP contribution in [0.25, 0.3) is 11.3 Å². The largest absolute Gasteiger partial charge is 0.325 e. The molecule has 3 rings (SSSR count). The first kappa shape index (κ1) is 20.9. The van der Waals surface area contributed by atoms with Crippen molar-refractivity contribution in [2.75, 3.05) is 5.32 Å². The zero-order valence-electron chi connectivity index (χ0n) is 16.9. The van der Waals surface area contributed by atoms with Crippen molar-refractivity contribution < 1.29 is 4.79 Å². The standard InChI is InChI=1S/C23H25N3O2S/c1-4-16-12-9-13-17(5-2)21(16)26-22(28)15(3)29-23-24-19(14-20(27)25-23)18-10-7-6-8-11-18/h6-15H,4-5H2,1-3H3,(H,26,28)(H,24,25,27)/t15-/m1/s1. The number of nitrogens with one attached hydrogen (secondary N) is 2. The van der Waals surface area contributed by atoms with Crippen LogP contribution in [0.15, 0.2) is 64.5 Å². The number of aromatic nitrogens is 2. The number of hydrogen-bond acceptors (Lipinski definition) is 4. The van der Waals surface area contributed by atoms with Crippen LogP contribution in [-0.2, 0) is 17.6 Å². The van der Waals surface area contributed by atoms with Crippen LogP contribution in [0.1, 0.15) is 31.9 Å². The van der Waals surface area contributed by atoms with Crippen LogP contribution in [0.2, 0.25) is 0 Å². The van der Waals surface area contributed by atoms with Crippen LogP contribution in [0.5, 0.6) is 0 Å². The molecular weight excluding hydrogens is 382 g/mol. The third-order valence-electron chi connectivity index (χ3n) is 4.69. The molecule has 5 nitrogen and oxygen atoms in total. The second-order valence-electron chi connectivity index (χ2n) is 6.71. The number of benzene rings is 2. The van der Waals surface area contributed by atoms with Crippen molar-refractivity contribution >= 4 is 23.4 Å². The highest BCUT2D eigenvalue weighted by molar-refractivity contribution is 8.00. The van der Waals surface area contributed by atoms with Crippen molar-refractivity contribution in [1.29, 1.82) is 0 Å². The number of H-pyrrole nitrogens is 1. The zero-order chi connectivity index (χ0) is 20.8. The second-order valence-corrected chi connectivity index (χ2v) is 8.04. The van der Waals surface area contributed by atoms with Crippen molar-refractivity contribution in [3.63, 3.8) is 0 Å². The monoisotopic (exact) mass is 407 g/mol. The number of amides is 1. The molecule has 2 aromatic carbocycles. The van der Waals surface area contributed by atoms with E-state index in [0.717, 1.165) is 35.2 Å². The minimum atomic E-state index is -0.418. The minimum Gasteiger partial charge on any atom is -0.325 e. The van der Waals surface area contributed by atoms with Crippen LogP contribution < -0.4 is 10.9 Å². The summed E-state index contributed by atoms with van der Waals surface area (Å²) in [6.45, 7) is 5.97. The molecule has 1 aromatic heterocycles. The normalized spacial score (nSPS) is 11.8. The molecule has 150 valence electrons. The number of anilines is 1. The summed E-state index contributed by atoms with van der Waals surface area (Å²) in [7, 11) is 0. The minimum absolute atomic E-state index is 0.113. The van der Waals surface area contributed by atoms with Gasteiger partial charge in [-0.2, -0.15) is 0 Å². The molecule has 0 saturated heterocycles. The maximum atomic E-state index is 12.8. The molecule has 0 aliphatic heterocycles. The number of aryl methyl sites for hydroxylation is 2. The lowest BCUT2D eigenvalue weighted by molar-refractivity contribution is -0.115. The van der Waals surface area contributed by atoms with Crippen molar-refractivity contribution in [3.8, 4) is 11.3 Å². The summed E-state index contributed by atoms with van der Waals surface area (Å²) in [5.41, 5.74) is 4.35. The second kappa shape index (κ2) is 9.56. The van der Waals surface area contributed by atoms with Gasteiger partial charge in [-0.05, 0) is 30.9 Å². The van der Waals surface area contributed by atoms with Gasteiger partial charge < -0.3 is 10.3 Å². The smallest absolute Gasteiger partial charge is 0.252 e. The first-order valence-corrected chi connectivity index (χ1v) is 10.6. The molecule has 0 unspecified atom stereocenters. The predicted octanol–water partition coefficient (Wildman–Crippen LogP) is 4.68. The Morgan fingerprint density at radius 3 is 2.34 bits per heavy atom. The summed E-state index contributed by atoms with van der Waals surface area (Å²) in [5.74, 6) is -0.113. The van der Waals surface area contributed by atoms with Crippen LogP contribution >= 0.6 is 11.8 Å². The van der Waals surface area contributed by atoms with E-state index in [-0.39, 0.29) is 11.5 Å². The fourth-order valence-corrected chi connectivity index (χ4v) is 3.91. The highest BCUT2D eigenvalue weighted by atomic mass is 32.2. The molecule has 0 saturated carbocycles. The fraction of sp³-hybridized carbons (Fsp3) is 0.261. The van der Waals surface area contributed by atoms with Gasteiger partial charge in [-0.25, -0.2) is 4.98 Å². The van der Waals surface area contributed by atoms with E-state index in [1.165, 1.54) is 17.8 Å². The Bertz CT molecular complexity index is 1030. The summed E-state index contributed by atoms with van der Waals surface area (Å²) in [5, 5.41) is 3.09. The average Bonchev–Trinajstić information content (AvgIpc) is 2.74. The molecule has 1 atom stereocenters. The Balaban J connectivity index is 1.79. The van der Waals surface area contributed by atoms with Gasteiger partial charge >= 0.3 is 0 Å². The predicted molar refractivity (Wildman–Crippen MR) is 119 cm³/mol. The lowest BCUT2D eigenvalue weighted by atomic mass is 10.0. The highest BCUT2D eigenvalue weighted by Crippen LogP contribution is 2.26. The number of carbonyl (C=O) groups excluding carboxylic acids is 1. The number of rotatable bonds is 7. The Hall–Kier alpha value is -2.86. The first-order valence-electron chi connectivity index (χ1n) is 9.76. The van der Waals surface area contributed by atoms with E-state index < -0.39 is 5.25 Å². The topological polar surface area (TPSA) is 74.8 Å². The molecule has 29 heavy (non-hydrogen) atoms. The molecular formula is C23H25N3O2S. The van der Waals surface area contributed by atoms with E-state index in [1.54, 1.807) is 0 Å². The quantitative estimate of drug-likeness (QED) is 0.440. The summed E-state index contributed by atoms with van der Waals surface area (Å²) in [6, 6.07) is 17.1. The third-order valence-corrected chi connectivity index (χ3v) is 5.68. The summed E-state index contributed by atoms with van der Waals surface area (Å²) >= 11 is 1.24. The maximum absolute atomic E-state index is 12.8. The third kappa shape index (κ3) is 5.15. The average molecular weight is 408 g/mol. The molecule has 1 heterocycles. The van der Waals surface area contributed by atoms with Gasteiger partial charge in [-0.15, -0.1) is 0 Å². The molecule has 0 radical (unpaired) electrons.